The Morgan fingerprint density at radius 2 is 2.43 bits per heavy atom. The molecule has 0 radical (unpaired) electrons. The van der Waals surface area contributed by atoms with Crippen LogP contribution in [0, 0.1) is 0 Å². The van der Waals surface area contributed by atoms with Gasteiger partial charge >= 0.3 is 0 Å². The molecule has 0 nitrogen and oxygen atoms in total. The van der Waals surface area contributed by atoms with Crippen molar-refractivity contribution in [3.8, 4) is 0 Å². The molecular formula is C6H9P. The normalized spacial score (nSPS) is 30.6. The molecule has 0 aromatic heterocycles. The van der Waals surface area contributed by atoms with Crippen LogP contribution in [0.3, 0.4) is 0 Å². The molecule has 1 atom stereocenters. The van der Waals surface area contributed by atoms with E-state index in [4.69, 9.17) is 0 Å². The average molecular weight is 112 g/mol. The van der Waals surface area contributed by atoms with Crippen LogP contribution in [-0.4, -0.2) is 11.5 Å². The molecule has 0 saturated carbocycles. The lowest BCUT2D eigenvalue weighted by Gasteiger charge is -1.95. The van der Waals surface area contributed by atoms with E-state index < -0.39 is 0 Å². The van der Waals surface area contributed by atoms with E-state index in [1.807, 2.05) is 0 Å². The minimum atomic E-state index is 0.792. The zero-order chi connectivity index (χ0) is 5.28. The third-order valence-corrected chi connectivity index (χ3v) is 2.48. The Morgan fingerprint density at radius 3 is 2.57 bits per heavy atom. The van der Waals surface area contributed by atoms with Crippen molar-refractivity contribution in [2.45, 2.75) is 19.5 Å². The first kappa shape index (κ1) is 5.05. The van der Waals surface area contributed by atoms with Gasteiger partial charge in [0.2, 0.25) is 0 Å². The Bertz CT molecular complexity index is 122. The Balaban J connectivity index is 2.69. The van der Waals surface area contributed by atoms with Crippen molar-refractivity contribution in [2.24, 2.45) is 0 Å². The molecule has 38 valence electrons. The highest BCUT2D eigenvalue weighted by Crippen LogP contribution is 2.20. The van der Waals surface area contributed by atoms with Crippen LogP contribution in [-0.2, 0) is 0 Å². The molecule has 1 aliphatic heterocycles. The fourth-order valence-corrected chi connectivity index (χ4v) is 1.45. The van der Waals surface area contributed by atoms with Gasteiger partial charge in [0.25, 0.3) is 0 Å². The minimum Gasteiger partial charge on any atom is -0.0969 e. The molecule has 1 rings (SSSR count). The van der Waals surface area contributed by atoms with Gasteiger partial charge in [-0.15, -0.1) is 0 Å². The van der Waals surface area contributed by atoms with Crippen molar-refractivity contribution in [1.29, 1.82) is 0 Å². The van der Waals surface area contributed by atoms with Gasteiger partial charge in [0.05, 0.1) is 0 Å². The predicted octanol–water partition coefficient (Wildman–Crippen LogP) is 2.08. The quantitative estimate of drug-likeness (QED) is 0.421. The Hall–Kier alpha value is -0.0900. The molecule has 0 fully saturated rings. The summed E-state index contributed by atoms with van der Waals surface area (Å²) in [5.41, 5.74) is 2.31. The molecule has 1 unspecified atom stereocenters. The molecule has 1 aliphatic rings. The fraction of sp³-hybridized carbons (Fsp3) is 0.500. The smallest absolute Gasteiger partial charge is 0.0190 e. The SMILES string of the molecule is CC1=CC=PC1C. The molecule has 0 amide bonds. The topological polar surface area (TPSA) is 0 Å². The lowest BCUT2D eigenvalue weighted by Crippen LogP contribution is -1.86. The Kier molecular flexibility index (Phi) is 1.30. The van der Waals surface area contributed by atoms with Gasteiger partial charge < -0.3 is 0 Å². The summed E-state index contributed by atoms with van der Waals surface area (Å²) in [4.78, 5) is 0. The monoisotopic (exact) mass is 112 g/mol. The first-order valence-electron chi connectivity index (χ1n) is 2.50. The molecule has 0 aromatic carbocycles. The zero-order valence-corrected chi connectivity index (χ0v) is 5.57. The number of hydrogen-bond acceptors (Lipinski definition) is 0. The molecule has 0 aromatic rings. The van der Waals surface area contributed by atoms with Crippen LogP contribution in [0.2, 0.25) is 0 Å². The third kappa shape index (κ3) is 0.920. The highest BCUT2D eigenvalue weighted by atomic mass is 31.1. The maximum absolute atomic E-state index is 2.25. The van der Waals surface area contributed by atoms with E-state index in [1.54, 1.807) is 0 Å². The Morgan fingerprint density at radius 1 is 1.71 bits per heavy atom. The molecule has 0 spiro atoms. The van der Waals surface area contributed by atoms with E-state index in [0.29, 0.717) is 0 Å². The first-order valence-corrected chi connectivity index (χ1v) is 3.54. The number of hydrogen-bond donors (Lipinski definition) is 0. The average Bonchev–Trinajstić information content (AvgIpc) is 1.91. The molecule has 0 N–H and O–H groups in total. The van der Waals surface area contributed by atoms with Crippen LogP contribution in [0.4, 0.5) is 0 Å². The lowest BCUT2D eigenvalue weighted by atomic mass is 10.2. The molecule has 0 aliphatic carbocycles. The summed E-state index contributed by atoms with van der Waals surface area (Å²) in [6, 6.07) is 0. The fourth-order valence-electron chi connectivity index (χ4n) is 0.547. The van der Waals surface area contributed by atoms with E-state index >= 15 is 0 Å². The maximum Gasteiger partial charge on any atom is 0.0190 e. The van der Waals surface area contributed by atoms with Crippen molar-refractivity contribution < 1.29 is 0 Å². The van der Waals surface area contributed by atoms with Crippen molar-refractivity contribution in [2.75, 3.05) is 0 Å². The molecule has 0 bridgehead atoms. The summed E-state index contributed by atoms with van der Waals surface area (Å²) in [5.74, 6) is 2.21. The summed E-state index contributed by atoms with van der Waals surface area (Å²) in [6.45, 7) is 4.43. The van der Waals surface area contributed by atoms with Gasteiger partial charge in [-0.05, 0) is 12.7 Å². The van der Waals surface area contributed by atoms with E-state index in [-0.39, 0.29) is 0 Å². The lowest BCUT2D eigenvalue weighted by molar-refractivity contribution is 1.13. The van der Waals surface area contributed by atoms with Crippen LogP contribution >= 0.6 is 8.20 Å². The van der Waals surface area contributed by atoms with Gasteiger partial charge in [-0.25, -0.2) is 0 Å². The van der Waals surface area contributed by atoms with E-state index in [0.717, 1.165) is 5.66 Å². The van der Waals surface area contributed by atoms with Crippen LogP contribution in [0.1, 0.15) is 13.8 Å². The van der Waals surface area contributed by atoms with Crippen molar-refractivity contribution in [3.63, 3.8) is 0 Å². The van der Waals surface area contributed by atoms with E-state index in [2.05, 4.69) is 25.7 Å². The number of allylic oxidation sites excluding steroid dienone is 2. The van der Waals surface area contributed by atoms with Gasteiger partial charge in [-0.2, -0.15) is 0 Å². The maximum atomic E-state index is 2.25. The predicted molar refractivity (Wildman–Crippen MR) is 36.2 cm³/mol. The van der Waals surface area contributed by atoms with Crippen LogP contribution < -0.4 is 0 Å². The van der Waals surface area contributed by atoms with Gasteiger partial charge in [-0.1, -0.05) is 26.8 Å². The Labute approximate surface area is 46.0 Å². The number of rotatable bonds is 0. The second kappa shape index (κ2) is 1.79. The van der Waals surface area contributed by atoms with Crippen LogP contribution in [0.15, 0.2) is 11.6 Å². The first-order chi connectivity index (χ1) is 3.30. The molecule has 0 saturated heterocycles. The standard InChI is InChI=1S/C6H9P/c1-5-3-4-7-6(5)2/h3-4,6H,1-2H3. The van der Waals surface area contributed by atoms with Crippen molar-refractivity contribution >= 4 is 14.0 Å². The largest absolute Gasteiger partial charge is 0.0969 e. The minimum absolute atomic E-state index is 0.792. The van der Waals surface area contributed by atoms with Gasteiger partial charge in [0.15, 0.2) is 0 Å². The zero-order valence-electron chi connectivity index (χ0n) is 4.68. The van der Waals surface area contributed by atoms with Gasteiger partial charge in [0, 0.05) is 5.66 Å². The van der Waals surface area contributed by atoms with Crippen LogP contribution in [0.25, 0.3) is 0 Å². The summed E-state index contributed by atoms with van der Waals surface area (Å²) in [5, 5.41) is 0. The highest BCUT2D eigenvalue weighted by molar-refractivity contribution is 7.40. The van der Waals surface area contributed by atoms with Crippen LogP contribution in [0.5, 0.6) is 0 Å². The third-order valence-electron chi connectivity index (χ3n) is 1.31. The van der Waals surface area contributed by atoms with Crippen molar-refractivity contribution in [3.05, 3.63) is 11.6 Å². The van der Waals surface area contributed by atoms with E-state index in [9.17, 15) is 0 Å². The second-order valence-electron chi connectivity index (χ2n) is 1.88. The van der Waals surface area contributed by atoms with Crippen molar-refractivity contribution in [1.82, 2.24) is 0 Å². The van der Waals surface area contributed by atoms with Gasteiger partial charge in [-0.3, -0.25) is 0 Å². The second-order valence-corrected chi connectivity index (χ2v) is 3.26. The summed E-state index contributed by atoms with van der Waals surface area (Å²) >= 11 is 0. The highest BCUT2D eigenvalue weighted by Gasteiger charge is 2.01. The molecule has 7 heavy (non-hydrogen) atoms. The summed E-state index contributed by atoms with van der Waals surface area (Å²) < 4.78 is 0. The van der Waals surface area contributed by atoms with E-state index in [1.165, 1.54) is 13.8 Å². The summed E-state index contributed by atoms with van der Waals surface area (Å²) in [6.07, 6.45) is 2.20. The molecule has 1 heterocycles. The summed E-state index contributed by atoms with van der Waals surface area (Å²) in [7, 11) is 1.47. The molecular weight excluding hydrogens is 103 g/mol. The van der Waals surface area contributed by atoms with Gasteiger partial charge in [0.1, 0.15) is 0 Å². The molecule has 1 heteroatoms.